The highest BCUT2D eigenvalue weighted by atomic mass is 79.9. The molecule has 0 bridgehead atoms. The second-order valence-corrected chi connectivity index (χ2v) is 5.51. The highest BCUT2D eigenvalue weighted by Crippen LogP contribution is 2.25. The van der Waals surface area contributed by atoms with Crippen molar-refractivity contribution in [2.45, 2.75) is 25.4 Å². The van der Waals surface area contributed by atoms with Crippen molar-refractivity contribution in [1.29, 1.82) is 0 Å². The highest BCUT2D eigenvalue weighted by molar-refractivity contribution is 9.10. The zero-order valence-corrected chi connectivity index (χ0v) is 11.3. The number of hydrogen-bond donors (Lipinski definition) is 1. The Labute approximate surface area is 109 Å². The number of aliphatic hydroxyl groups excluding tert-OH is 1. The molecule has 0 radical (unpaired) electrons. The molecular formula is C12H15BrClNO. The summed E-state index contributed by atoms with van der Waals surface area (Å²) in [5.74, 6) is 0. The lowest BCUT2D eigenvalue weighted by Crippen LogP contribution is -2.31. The average molecular weight is 305 g/mol. The molecule has 1 N–H and O–H groups in total. The third kappa shape index (κ3) is 2.77. The van der Waals surface area contributed by atoms with Crippen molar-refractivity contribution >= 4 is 27.5 Å². The first-order valence-electron chi connectivity index (χ1n) is 5.49. The first kappa shape index (κ1) is 12.4. The number of halogens is 2. The van der Waals surface area contributed by atoms with E-state index in [0.717, 1.165) is 34.6 Å². The molecule has 0 aliphatic carbocycles. The lowest BCUT2D eigenvalue weighted by molar-refractivity contribution is 0.153. The van der Waals surface area contributed by atoms with Crippen molar-refractivity contribution < 1.29 is 5.11 Å². The Morgan fingerprint density at radius 1 is 1.50 bits per heavy atom. The Morgan fingerprint density at radius 2 is 2.31 bits per heavy atom. The number of rotatable bonds is 3. The van der Waals surface area contributed by atoms with Crippen LogP contribution < -0.4 is 0 Å². The molecule has 2 nitrogen and oxygen atoms in total. The van der Waals surface area contributed by atoms with Crippen molar-refractivity contribution in [3.05, 3.63) is 33.3 Å². The van der Waals surface area contributed by atoms with E-state index >= 15 is 0 Å². The maximum Gasteiger partial charge on any atom is 0.0587 e. The van der Waals surface area contributed by atoms with E-state index in [1.54, 1.807) is 0 Å². The van der Waals surface area contributed by atoms with Crippen LogP contribution in [0.4, 0.5) is 0 Å². The SMILES string of the molecule is OCC1CCCN1Cc1ccc(Br)cc1Cl. The van der Waals surface area contributed by atoms with Crippen LogP contribution in [0.25, 0.3) is 0 Å². The lowest BCUT2D eigenvalue weighted by Gasteiger charge is -2.23. The molecule has 1 aromatic rings. The van der Waals surface area contributed by atoms with Gasteiger partial charge in [-0.1, -0.05) is 33.6 Å². The minimum atomic E-state index is 0.244. The second kappa shape index (κ2) is 5.50. The number of aliphatic hydroxyl groups is 1. The molecule has 1 aliphatic heterocycles. The maximum absolute atomic E-state index is 9.25. The number of likely N-dealkylation sites (tertiary alicyclic amines) is 1. The van der Waals surface area contributed by atoms with Gasteiger partial charge in [0.25, 0.3) is 0 Å². The van der Waals surface area contributed by atoms with E-state index in [-0.39, 0.29) is 6.61 Å². The highest BCUT2D eigenvalue weighted by Gasteiger charge is 2.23. The summed E-state index contributed by atoms with van der Waals surface area (Å²) in [5.41, 5.74) is 1.13. The normalized spacial score (nSPS) is 21.6. The second-order valence-electron chi connectivity index (χ2n) is 4.18. The van der Waals surface area contributed by atoms with E-state index in [1.165, 1.54) is 6.42 Å². The molecule has 0 spiro atoms. The van der Waals surface area contributed by atoms with Crippen molar-refractivity contribution in [3.63, 3.8) is 0 Å². The Balaban J connectivity index is 2.08. The molecule has 16 heavy (non-hydrogen) atoms. The molecule has 0 aromatic heterocycles. The Morgan fingerprint density at radius 3 is 3.00 bits per heavy atom. The van der Waals surface area contributed by atoms with Gasteiger partial charge in [-0.2, -0.15) is 0 Å². The van der Waals surface area contributed by atoms with Crippen molar-refractivity contribution in [2.24, 2.45) is 0 Å². The minimum Gasteiger partial charge on any atom is -0.395 e. The largest absolute Gasteiger partial charge is 0.395 e. The predicted octanol–water partition coefficient (Wildman–Crippen LogP) is 3.06. The molecule has 1 unspecified atom stereocenters. The van der Waals surface area contributed by atoms with E-state index in [9.17, 15) is 5.11 Å². The van der Waals surface area contributed by atoms with E-state index in [0.29, 0.717) is 6.04 Å². The number of hydrogen-bond acceptors (Lipinski definition) is 2. The van der Waals surface area contributed by atoms with Crippen LogP contribution in [0.2, 0.25) is 5.02 Å². The summed E-state index contributed by atoms with van der Waals surface area (Å²) in [6.45, 7) is 2.13. The summed E-state index contributed by atoms with van der Waals surface area (Å²) in [7, 11) is 0. The monoisotopic (exact) mass is 303 g/mol. The smallest absolute Gasteiger partial charge is 0.0587 e. The fourth-order valence-electron chi connectivity index (χ4n) is 2.18. The summed E-state index contributed by atoms with van der Waals surface area (Å²) >= 11 is 9.58. The van der Waals surface area contributed by atoms with Gasteiger partial charge < -0.3 is 5.11 Å². The van der Waals surface area contributed by atoms with E-state index in [1.807, 2.05) is 18.2 Å². The first-order valence-corrected chi connectivity index (χ1v) is 6.66. The summed E-state index contributed by atoms with van der Waals surface area (Å²) in [5, 5.41) is 10.0. The van der Waals surface area contributed by atoms with Gasteiger partial charge in [0.05, 0.1) is 6.61 Å². The minimum absolute atomic E-state index is 0.244. The van der Waals surface area contributed by atoms with Crippen LogP contribution >= 0.6 is 27.5 Å². The van der Waals surface area contributed by atoms with Crippen LogP contribution in [0, 0.1) is 0 Å². The van der Waals surface area contributed by atoms with Crippen LogP contribution in [-0.2, 0) is 6.54 Å². The topological polar surface area (TPSA) is 23.5 Å². The van der Waals surface area contributed by atoms with Gasteiger partial charge in [0, 0.05) is 22.1 Å². The van der Waals surface area contributed by atoms with Crippen molar-refractivity contribution in [3.8, 4) is 0 Å². The van der Waals surface area contributed by atoms with Crippen LogP contribution in [0.3, 0.4) is 0 Å². The summed E-state index contributed by atoms with van der Waals surface area (Å²) in [6.07, 6.45) is 2.25. The molecule has 0 amide bonds. The standard InChI is InChI=1S/C12H15BrClNO/c13-10-4-3-9(12(14)6-10)7-15-5-1-2-11(15)8-16/h3-4,6,11,16H,1-2,5,7-8H2. The average Bonchev–Trinajstić information content (AvgIpc) is 2.69. The van der Waals surface area contributed by atoms with Gasteiger partial charge in [0.15, 0.2) is 0 Å². The van der Waals surface area contributed by atoms with E-state index < -0.39 is 0 Å². The van der Waals surface area contributed by atoms with Crippen LogP contribution in [0.15, 0.2) is 22.7 Å². The van der Waals surface area contributed by atoms with Gasteiger partial charge in [-0.25, -0.2) is 0 Å². The molecule has 2 rings (SSSR count). The van der Waals surface area contributed by atoms with Gasteiger partial charge in [0.2, 0.25) is 0 Å². The van der Waals surface area contributed by atoms with Gasteiger partial charge in [-0.05, 0) is 37.1 Å². The van der Waals surface area contributed by atoms with Crippen molar-refractivity contribution in [2.75, 3.05) is 13.2 Å². The van der Waals surface area contributed by atoms with Crippen LogP contribution in [0.1, 0.15) is 18.4 Å². The summed E-state index contributed by atoms with van der Waals surface area (Å²) in [6, 6.07) is 6.27. The molecule has 4 heteroatoms. The zero-order chi connectivity index (χ0) is 11.5. The fraction of sp³-hybridized carbons (Fsp3) is 0.500. The molecule has 1 aliphatic rings. The fourth-order valence-corrected chi connectivity index (χ4v) is 2.91. The van der Waals surface area contributed by atoms with Gasteiger partial charge in [0.1, 0.15) is 0 Å². The quantitative estimate of drug-likeness (QED) is 0.928. The third-order valence-electron chi connectivity index (χ3n) is 3.10. The lowest BCUT2D eigenvalue weighted by atomic mass is 10.2. The Kier molecular flexibility index (Phi) is 4.25. The van der Waals surface area contributed by atoms with Crippen molar-refractivity contribution in [1.82, 2.24) is 4.90 Å². The third-order valence-corrected chi connectivity index (χ3v) is 3.94. The molecule has 1 aromatic carbocycles. The molecule has 1 atom stereocenters. The van der Waals surface area contributed by atoms with Gasteiger partial charge in [-0.15, -0.1) is 0 Å². The zero-order valence-electron chi connectivity index (χ0n) is 9.00. The molecular weight excluding hydrogens is 289 g/mol. The molecule has 1 heterocycles. The first-order chi connectivity index (χ1) is 7.70. The number of nitrogens with zero attached hydrogens (tertiary/aromatic N) is 1. The Hall–Kier alpha value is -0.0900. The molecule has 0 saturated carbocycles. The molecule has 1 fully saturated rings. The predicted molar refractivity (Wildman–Crippen MR) is 69.7 cm³/mol. The van der Waals surface area contributed by atoms with E-state index in [4.69, 9.17) is 11.6 Å². The summed E-state index contributed by atoms with van der Waals surface area (Å²) < 4.78 is 1.00. The Bertz CT molecular complexity index is 372. The van der Waals surface area contributed by atoms with Gasteiger partial charge >= 0.3 is 0 Å². The maximum atomic E-state index is 9.25. The van der Waals surface area contributed by atoms with Crippen LogP contribution in [0.5, 0.6) is 0 Å². The summed E-state index contributed by atoms with van der Waals surface area (Å²) in [4.78, 5) is 2.30. The number of benzene rings is 1. The molecule has 1 saturated heterocycles. The van der Waals surface area contributed by atoms with E-state index in [2.05, 4.69) is 20.8 Å². The van der Waals surface area contributed by atoms with Crippen LogP contribution in [-0.4, -0.2) is 29.2 Å². The molecule has 88 valence electrons. The van der Waals surface area contributed by atoms with Gasteiger partial charge in [-0.3, -0.25) is 4.90 Å².